The summed E-state index contributed by atoms with van der Waals surface area (Å²) in [4.78, 5) is 11.6. The SMILES string of the molecule is C[Si](C)(C)CCOCn1ncc(C(N)=O)c1Nc1ccccc1. The molecule has 6 nitrogen and oxygen atoms in total. The average Bonchev–Trinajstić information content (AvgIpc) is 2.87. The molecule has 7 heteroatoms. The fourth-order valence-electron chi connectivity index (χ4n) is 1.98. The number of para-hydroxylation sites is 1. The first-order chi connectivity index (χ1) is 10.9. The molecule has 124 valence electrons. The Balaban J connectivity index is 2.09. The molecular weight excluding hydrogens is 308 g/mol. The summed E-state index contributed by atoms with van der Waals surface area (Å²) < 4.78 is 7.33. The molecule has 0 atom stereocenters. The molecule has 0 bridgehead atoms. The van der Waals surface area contributed by atoms with Crippen LogP contribution in [0.4, 0.5) is 11.5 Å². The number of anilines is 2. The zero-order valence-corrected chi connectivity index (χ0v) is 14.9. The highest BCUT2D eigenvalue weighted by Crippen LogP contribution is 2.21. The molecule has 0 saturated heterocycles. The summed E-state index contributed by atoms with van der Waals surface area (Å²) in [5.74, 6) is 0.0356. The van der Waals surface area contributed by atoms with Crippen LogP contribution in [-0.4, -0.2) is 30.4 Å². The number of nitrogens with two attached hydrogens (primary N) is 1. The van der Waals surface area contributed by atoms with Crippen LogP contribution in [0, 0.1) is 0 Å². The Morgan fingerprint density at radius 1 is 1.30 bits per heavy atom. The molecule has 0 saturated carbocycles. The Kier molecular flexibility index (Phi) is 5.57. The molecule has 1 amide bonds. The molecule has 0 spiro atoms. The molecule has 2 rings (SSSR count). The molecule has 2 aromatic rings. The van der Waals surface area contributed by atoms with Crippen LogP contribution in [0.5, 0.6) is 0 Å². The third-order valence-corrected chi connectivity index (χ3v) is 5.06. The van der Waals surface area contributed by atoms with Crippen LogP contribution in [0.2, 0.25) is 25.7 Å². The molecule has 23 heavy (non-hydrogen) atoms. The number of carbonyl (C=O) groups excluding carboxylic acids is 1. The van der Waals surface area contributed by atoms with E-state index in [2.05, 4.69) is 30.1 Å². The maximum absolute atomic E-state index is 11.6. The summed E-state index contributed by atoms with van der Waals surface area (Å²) in [5, 5.41) is 7.40. The summed E-state index contributed by atoms with van der Waals surface area (Å²) in [6.45, 7) is 7.88. The van der Waals surface area contributed by atoms with Crippen molar-refractivity contribution in [2.45, 2.75) is 32.4 Å². The van der Waals surface area contributed by atoms with Gasteiger partial charge in [-0.05, 0) is 18.2 Å². The minimum atomic E-state index is -1.13. The summed E-state index contributed by atoms with van der Waals surface area (Å²) in [6, 6.07) is 10.7. The molecular formula is C16H24N4O2Si. The van der Waals surface area contributed by atoms with Crippen molar-refractivity contribution in [3.8, 4) is 0 Å². The second kappa shape index (κ2) is 7.43. The van der Waals surface area contributed by atoms with Crippen LogP contribution < -0.4 is 11.1 Å². The highest BCUT2D eigenvalue weighted by molar-refractivity contribution is 6.76. The topological polar surface area (TPSA) is 82.2 Å². The smallest absolute Gasteiger partial charge is 0.254 e. The van der Waals surface area contributed by atoms with Gasteiger partial charge in [0.2, 0.25) is 0 Å². The van der Waals surface area contributed by atoms with Gasteiger partial charge in [-0.25, -0.2) is 4.68 Å². The predicted molar refractivity (Wildman–Crippen MR) is 94.6 cm³/mol. The van der Waals surface area contributed by atoms with Crippen LogP contribution in [0.1, 0.15) is 10.4 Å². The van der Waals surface area contributed by atoms with Gasteiger partial charge in [0.05, 0.1) is 6.20 Å². The van der Waals surface area contributed by atoms with E-state index < -0.39 is 14.0 Å². The van der Waals surface area contributed by atoms with E-state index >= 15 is 0 Å². The predicted octanol–water partition coefficient (Wildman–Crippen LogP) is 3.04. The van der Waals surface area contributed by atoms with E-state index in [4.69, 9.17) is 10.5 Å². The largest absolute Gasteiger partial charge is 0.365 e. The van der Waals surface area contributed by atoms with E-state index in [9.17, 15) is 4.79 Å². The van der Waals surface area contributed by atoms with E-state index in [1.54, 1.807) is 4.68 Å². The number of carbonyl (C=O) groups is 1. The molecule has 0 fully saturated rings. The van der Waals surface area contributed by atoms with Crippen molar-refractivity contribution in [1.82, 2.24) is 9.78 Å². The van der Waals surface area contributed by atoms with Crippen LogP contribution in [0.3, 0.4) is 0 Å². The number of hydrogen-bond acceptors (Lipinski definition) is 4. The zero-order chi connectivity index (χ0) is 16.9. The number of primary amides is 1. The Bertz CT molecular complexity index is 650. The highest BCUT2D eigenvalue weighted by Gasteiger charge is 2.16. The number of amides is 1. The lowest BCUT2D eigenvalue weighted by Crippen LogP contribution is -2.22. The number of nitrogens with zero attached hydrogens (tertiary/aromatic N) is 2. The van der Waals surface area contributed by atoms with E-state index in [0.29, 0.717) is 18.0 Å². The van der Waals surface area contributed by atoms with Crippen molar-refractivity contribution >= 4 is 25.5 Å². The molecule has 0 aliphatic rings. The maximum atomic E-state index is 11.6. The summed E-state index contributed by atoms with van der Waals surface area (Å²) in [7, 11) is -1.13. The third kappa shape index (κ3) is 5.22. The van der Waals surface area contributed by atoms with Crippen molar-refractivity contribution in [2.24, 2.45) is 5.73 Å². The highest BCUT2D eigenvalue weighted by atomic mass is 28.3. The van der Waals surface area contributed by atoms with Gasteiger partial charge in [0.15, 0.2) is 0 Å². The Morgan fingerprint density at radius 2 is 2.00 bits per heavy atom. The molecule has 1 heterocycles. The number of nitrogens with one attached hydrogen (secondary N) is 1. The van der Waals surface area contributed by atoms with Gasteiger partial charge in [-0.1, -0.05) is 37.8 Å². The molecule has 0 radical (unpaired) electrons. The van der Waals surface area contributed by atoms with Gasteiger partial charge in [0.25, 0.3) is 5.91 Å². The minimum absolute atomic E-state index is 0.285. The molecule has 0 aliphatic heterocycles. The molecule has 1 aromatic heterocycles. The van der Waals surface area contributed by atoms with E-state index in [0.717, 1.165) is 11.7 Å². The fourth-order valence-corrected chi connectivity index (χ4v) is 2.74. The van der Waals surface area contributed by atoms with Gasteiger partial charge < -0.3 is 15.8 Å². The molecule has 0 aliphatic carbocycles. The lowest BCUT2D eigenvalue weighted by Gasteiger charge is -2.16. The standard InChI is InChI=1S/C16H24N4O2Si/c1-23(2,3)10-9-22-12-20-16(14(11-18-20)15(17)21)19-13-7-5-4-6-8-13/h4-8,11,19H,9-10,12H2,1-3H3,(H2,17,21). The summed E-state index contributed by atoms with van der Waals surface area (Å²) >= 11 is 0. The van der Waals surface area contributed by atoms with E-state index in [1.807, 2.05) is 30.3 Å². The number of benzene rings is 1. The lowest BCUT2D eigenvalue weighted by atomic mass is 10.3. The van der Waals surface area contributed by atoms with Gasteiger partial charge >= 0.3 is 0 Å². The molecule has 3 N–H and O–H groups in total. The first-order valence-corrected chi connectivity index (χ1v) is 11.3. The van der Waals surface area contributed by atoms with Gasteiger partial charge in [0.1, 0.15) is 18.1 Å². The first kappa shape index (κ1) is 17.2. The van der Waals surface area contributed by atoms with Gasteiger partial charge in [-0.2, -0.15) is 5.10 Å². The van der Waals surface area contributed by atoms with Crippen molar-refractivity contribution in [2.75, 3.05) is 11.9 Å². The molecule has 0 unspecified atom stereocenters. The van der Waals surface area contributed by atoms with Gasteiger partial charge in [-0.3, -0.25) is 4.79 Å². The number of rotatable bonds is 8. The Labute approximate surface area is 137 Å². The van der Waals surface area contributed by atoms with E-state index in [-0.39, 0.29) is 6.73 Å². The normalized spacial score (nSPS) is 11.4. The number of hydrogen-bond donors (Lipinski definition) is 2. The van der Waals surface area contributed by atoms with Gasteiger partial charge in [-0.15, -0.1) is 0 Å². The second-order valence-corrected chi connectivity index (χ2v) is 12.2. The van der Waals surface area contributed by atoms with Crippen LogP contribution in [0.25, 0.3) is 0 Å². The van der Waals surface area contributed by atoms with Crippen molar-refractivity contribution in [3.05, 3.63) is 42.1 Å². The maximum Gasteiger partial charge on any atom is 0.254 e. The Hall–Kier alpha value is -2.12. The van der Waals surface area contributed by atoms with Gasteiger partial charge in [0, 0.05) is 20.4 Å². The van der Waals surface area contributed by atoms with Crippen molar-refractivity contribution in [1.29, 1.82) is 0 Å². The number of aromatic nitrogens is 2. The third-order valence-electron chi connectivity index (χ3n) is 3.35. The Morgan fingerprint density at radius 3 is 2.61 bits per heavy atom. The zero-order valence-electron chi connectivity index (χ0n) is 13.9. The summed E-state index contributed by atoms with van der Waals surface area (Å²) in [6.07, 6.45) is 1.47. The van der Waals surface area contributed by atoms with Crippen LogP contribution in [0.15, 0.2) is 36.5 Å². The van der Waals surface area contributed by atoms with Crippen LogP contribution >= 0.6 is 0 Å². The fraction of sp³-hybridized carbons (Fsp3) is 0.375. The number of ether oxygens (including phenoxy) is 1. The summed E-state index contributed by atoms with van der Waals surface area (Å²) in [5.41, 5.74) is 6.64. The lowest BCUT2D eigenvalue weighted by molar-refractivity contribution is 0.0800. The first-order valence-electron chi connectivity index (χ1n) is 7.62. The minimum Gasteiger partial charge on any atom is -0.365 e. The van der Waals surface area contributed by atoms with E-state index in [1.165, 1.54) is 6.20 Å². The van der Waals surface area contributed by atoms with Crippen LogP contribution in [-0.2, 0) is 11.5 Å². The van der Waals surface area contributed by atoms with Crippen molar-refractivity contribution < 1.29 is 9.53 Å². The molecule has 1 aromatic carbocycles. The average molecular weight is 332 g/mol. The monoisotopic (exact) mass is 332 g/mol. The van der Waals surface area contributed by atoms with Crippen molar-refractivity contribution in [3.63, 3.8) is 0 Å². The quantitative estimate of drug-likeness (QED) is 0.575. The second-order valence-electron chi connectivity index (χ2n) is 6.61.